The van der Waals surface area contributed by atoms with E-state index >= 15 is 0 Å². The van der Waals surface area contributed by atoms with E-state index in [1.54, 1.807) is 12.1 Å². The van der Waals surface area contributed by atoms with Crippen molar-refractivity contribution < 1.29 is 35.1 Å². The van der Waals surface area contributed by atoms with Crippen molar-refractivity contribution in [2.45, 2.75) is 31.2 Å². The first-order valence-corrected chi connectivity index (χ1v) is 13.7. The summed E-state index contributed by atoms with van der Waals surface area (Å²) in [5.74, 6) is -1.56. The van der Waals surface area contributed by atoms with E-state index in [-0.39, 0.29) is 42.4 Å². The number of piperazine rings is 1. The van der Waals surface area contributed by atoms with Crippen LogP contribution >= 0.6 is 0 Å². The maximum atomic E-state index is 14.2. The molecule has 1 unspecified atom stereocenters. The van der Waals surface area contributed by atoms with Crippen LogP contribution in [0.1, 0.15) is 28.2 Å². The molecular formula is C27H26F5N3O3S. The highest BCUT2D eigenvalue weighted by Crippen LogP contribution is 2.40. The maximum Gasteiger partial charge on any atom is 0.573 e. The van der Waals surface area contributed by atoms with Gasteiger partial charge in [-0.25, -0.2) is 8.78 Å². The predicted molar refractivity (Wildman–Crippen MR) is 136 cm³/mol. The van der Waals surface area contributed by atoms with E-state index in [4.69, 9.17) is 0 Å². The highest BCUT2D eigenvalue weighted by atomic mass is 32.2. The number of hydrogen-bond donors (Lipinski definition) is 1. The predicted octanol–water partition coefficient (Wildman–Crippen LogP) is 5.07. The molecule has 0 radical (unpaired) electrons. The van der Waals surface area contributed by atoms with E-state index in [1.165, 1.54) is 40.7 Å². The summed E-state index contributed by atoms with van der Waals surface area (Å²) in [5.41, 5.74) is 3.40. The molecule has 1 atom stereocenters. The standard InChI is InChI=1S/C27H26F5N3O3S/c1-34-12-13-35(39(36,37)33-21-6-8-22(9-7-21)38-27(30,31)32)16-25(34)26-23-10-4-19(28)14-17(23)2-3-18-15-20(29)5-11-24(18)26/h4-11,14-15,25-26,33H,2-3,12-13,16H2,1H3. The van der Waals surface area contributed by atoms with E-state index in [9.17, 15) is 30.4 Å². The third-order valence-corrected chi connectivity index (χ3v) is 8.77. The van der Waals surface area contributed by atoms with Crippen molar-refractivity contribution in [1.82, 2.24) is 9.21 Å². The number of rotatable bonds is 5. The highest BCUT2D eigenvalue weighted by Gasteiger charge is 2.39. The van der Waals surface area contributed by atoms with Crippen LogP contribution in [-0.4, -0.2) is 56.7 Å². The lowest BCUT2D eigenvalue weighted by Crippen LogP contribution is -2.56. The number of aryl methyl sites for hydroxylation is 2. The van der Waals surface area contributed by atoms with Gasteiger partial charge in [-0.05, 0) is 90.7 Å². The Morgan fingerprint density at radius 3 is 1.97 bits per heavy atom. The molecule has 1 fully saturated rings. The zero-order valence-corrected chi connectivity index (χ0v) is 21.7. The first-order chi connectivity index (χ1) is 18.4. The van der Waals surface area contributed by atoms with E-state index < -0.39 is 22.3 Å². The molecule has 0 bridgehead atoms. The van der Waals surface area contributed by atoms with Crippen LogP contribution in [0.15, 0.2) is 60.7 Å². The largest absolute Gasteiger partial charge is 0.573 e. The SMILES string of the molecule is CN1CCN(S(=O)(=O)Nc2ccc(OC(F)(F)F)cc2)CC1C1c2ccc(F)cc2CCc2cc(F)ccc21. The summed E-state index contributed by atoms with van der Waals surface area (Å²) in [6.45, 7) is 0.657. The Morgan fingerprint density at radius 2 is 1.44 bits per heavy atom. The number of likely N-dealkylation sites (N-methyl/N-ethyl adjacent to an activating group) is 1. The monoisotopic (exact) mass is 567 g/mol. The first kappa shape index (κ1) is 27.4. The smallest absolute Gasteiger partial charge is 0.406 e. The average molecular weight is 568 g/mol. The van der Waals surface area contributed by atoms with Crippen molar-refractivity contribution in [3.05, 3.63) is 94.6 Å². The van der Waals surface area contributed by atoms with Crippen molar-refractivity contribution in [2.24, 2.45) is 0 Å². The van der Waals surface area contributed by atoms with Gasteiger partial charge < -0.3 is 4.74 Å². The summed E-state index contributed by atoms with van der Waals surface area (Å²) < 4.78 is 99.9. The van der Waals surface area contributed by atoms with Crippen LogP contribution in [0.2, 0.25) is 0 Å². The van der Waals surface area contributed by atoms with Crippen LogP contribution in [0.4, 0.5) is 27.6 Å². The highest BCUT2D eigenvalue weighted by molar-refractivity contribution is 7.90. The van der Waals surface area contributed by atoms with Crippen molar-refractivity contribution >= 4 is 15.9 Å². The average Bonchev–Trinajstić information content (AvgIpc) is 3.00. The third kappa shape index (κ3) is 6.02. The van der Waals surface area contributed by atoms with Crippen molar-refractivity contribution in [3.8, 4) is 5.75 Å². The Kier molecular flexibility index (Phi) is 7.29. The summed E-state index contributed by atoms with van der Waals surface area (Å²) in [4.78, 5) is 2.05. The lowest BCUT2D eigenvalue weighted by molar-refractivity contribution is -0.274. The fraction of sp³-hybridized carbons (Fsp3) is 0.333. The molecule has 208 valence electrons. The normalized spacial score (nSPS) is 19.2. The molecule has 6 nitrogen and oxygen atoms in total. The topological polar surface area (TPSA) is 61.9 Å². The second kappa shape index (κ2) is 10.4. The second-order valence-corrected chi connectivity index (χ2v) is 11.4. The number of halogens is 5. The van der Waals surface area contributed by atoms with Gasteiger partial charge in [0.1, 0.15) is 17.4 Å². The molecule has 12 heteroatoms. The van der Waals surface area contributed by atoms with E-state index in [1.807, 2.05) is 11.9 Å². The van der Waals surface area contributed by atoms with E-state index in [0.717, 1.165) is 34.4 Å². The quantitative estimate of drug-likeness (QED) is 0.438. The van der Waals surface area contributed by atoms with Crippen LogP contribution in [-0.2, 0) is 23.1 Å². The Bertz CT molecular complexity index is 1410. The molecular weight excluding hydrogens is 541 g/mol. The lowest BCUT2D eigenvalue weighted by atomic mass is 9.81. The number of benzene rings is 3. The minimum atomic E-state index is -4.86. The molecule has 0 saturated carbocycles. The summed E-state index contributed by atoms with van der Waals surface area (Å²) in [6, 6.07) is 13.2. The Labute approximate surface area is 223 Å². The number of alkyl halides is 3. The number of ether oxygens (including phenoxy) is 1. The van der Waals surface area contributed by atoms with E-state index in [2.05, 4.69) is 9.46 Å². The molecule has 1 aliphatic heterocycles. The van der Waals surface area contributed by atoms with Crippen LogP contribution in [0.5, 0.6) is 5.75 Å². The van der Waals surface area contributed by atoms with Crippen LogP contribution in [0, 0.1) is 11.6 Å². The van der Waals surface area contributed by atoms with Gasteiger partial charge in [-0.3, -0.25) is 9.62 Å². The molecule has 39 heavy (non-hydrogen) atoms. The van der Waals surface area contributed by atoms with Gasteiger partial charge >= 0.3 is 16.6 Å². The van der Waals surface area contributed by atoms with Gasteiger partial charge in [0.05, 0.1) is 5.69 Å². The molecule has 3 aromatic carbocycles. The molecule has 0 spiro atoms. The first-order valence-electron chi connectivity index (χ1n) is 12.3. The number of fused-ring (bicyclic) bond motifs is 2. The number of nitrogens with one attached hydrogen (secondary N) is 1. The van der Waals surface area contributed by atoms with Crippen molar-refractivity contribution in [2.75, 3.05) is 31.4 Å². The zero-order chi connectivity index (χ0) is 27.9. The maximum absolute atomic E-state index is 14.2. The van der Waals surface area contributed by atoms with Gasteiger partial charge in [-0.1, -0.05) is 12.1 Å². The Hall–Kier alpha value is -3.22. The van der Waals surface area contributed by atoms with Gasteiger partial charge in [0.15, 0.2) is 0 Å². The summed E-state index contributed by atoms with van der Waals surface area (Å²) in [5, 5.41) is 0. The molecule has 0 amide bonds. The van der Waals surface area contributed by atoms with Gasteiger partial charge in [-0.2, -0.15) is 12.7 Å². The number of nitrogens with zero attached hydrogens (tertiary/aromatic N) is 2. The fourth-order valence-electron chi connectivity index (χ4n) is 5.43. The molecule has 0 aromatic heterocycles. The molecule has 1 heterocycles. The molecule has 2 aliphatic rings. The van der Waals surface area contributed by atoms with Gasteiger partial charge in [0, 0.05) is 31.6 Å². The molecule has 5 rings (SSSR count). The van der Waals surface area contributed by atoms with Crippen LogP contribution in [0.25, 0.3) is 0 Å². The fourth-order valence-corrected chi connectivity index (χ4v) is 6.66. The Balaban J connectivity index is 1.44. The minimum Gasteiger partial charge on any atom is -0.406 e. The second-order valence-electron chi connectivity index (χ2n) is 9.75. The lowest BCUT2D eigenvalue weighted by Gasteiger charge is -2.43. The minimum absolute atomic E-state index is 0.0797. The van der Waals surface area contributed by atoms with Crippen molar-refractivity contribution in [1.29, 1.82) is 0 Å². The summed E-state index contributed by atoms with van der Waals surface area (Å²) >= 11 is 0. The van der Waals surface area contributed by atoms with Crippen molar-refractivity contribution in [3.63, 3.8) is 0 Å². The van der Waals surface area contributed by atoms with E-state index in [0.29, 0.717) is 19.4 Å². The zero-order valence-electron chi connectivity index (χ0n) is 20.9. The summed E-state index contributed by atoms with van der Waals surface area (Å²) in [6.07, 6.45) is -3.81. The molecule has 1 saturated heterocycles. The number of anilines is 1. The van der Waals surface area contributed by atoms with Gasteiger partial charge in [-0.15, -0.1) is 13.2 Å². The molecule has 3 aromatic rings. The molecule has 1 N–H and O–H groups in total. The van der Waals surface area contributed by atoms with Gasteiger partial charge in [0.25, 0.3) is 0 Å². The Morgan fingerprint density at radius 1 is 0.872 bits per heavy atom. The molecule has 1 aliphatic carbocycles. The van der Waals surface area contributed by atoms with Crippen LogP contribution in [0.3, 0.4) is 0 Å². The third-order valence-electron chi connectivity index (χ3n) is 7.26. The summed E-state index contributed by atoms with van der Waals surface area (Å²) in [7, 11) is -2.20. The number of hydrogen-bond acceptors (Lipinski definition) is 4. The van der Waals surface area contributed by atoms with Crippen LogP contribution < -0.4 is 9.46 Å². The van der Waals surface area contributed by atoms with Gasteiger partial charge in [0.2, 0.25) is 0 Å².